The summed E-state index contributed by atoms with van der Waals surface area (Å²) < 4.78 is 33.5. The van der Waals surface area contributed by atoms with Crippen molar-refractivity contribution in [1.82, 2.24) is 4.90 Å². The van der Waals surface area contributed by atoms with E-state index >= 15 is 0 Å². The highest BCUT2D eigenvalue weighted by Crippen LogP contribution is 2.32. The maximum Gasteiger partial charge on any atom is 0.338 e. The van der Waals surface area contributed by atoms with Crippen LogP contribution in [0.2, 0.25) is 0 Å². The molecule has 0 N–H and O–H groups in total. The SMILES string of the molecule is COc1ccc(C(=O)OCC(=O)N(C2CC2)[C@@H]2CCS(=O)(=O)C2)cc1. The van der Waals surface area contributed by atoms with Crippen LogP contribution in [0, 0.1) is 0 Å². The van der Waals surface area contributed by atoms with E-state index in [1.54, 1.807) is 29.2 Å². The van der Waals surface area contributed by atoms with Gasteiger partial charge in [-0.25, -0.2) is 13.2 Å². The van der Waals surface area contributed by atoms with Gasteiger partial charge in [0.1, 0.15) is 5.75 Å². The van der Waals surface area contributed by atoms with E-state index in [0.29, 0.717) is 17.7 Å². The van der Waals surface area contributed by atoms with Crippen LogP contribution in [0.5, 0.6) is 5.75 Å². The van der Waals surface area contributed by atoms with E-state index in [-0.39, 0.29) is 36.1 Å². The smallest absolute Gasteiger partial charge is 0.338 e. The van der Waals surface area contributed by atoms with Gasteiger partial charge in [-0.2, -0.15) is 0 Å². The lowest BCUT2D eigenvalue weighted by atomic mass is 10.2. The zero-order valence-electron chi connectivity index (χ0n) is 14.0. The van der Waals surface area contributed by atoms with E-state index in [0.717, 1.165) is 12.8 Å². The Morgan fingerprint density at radius 1 is 1.12 bits per heavy atom. The van der Waals surface area contributed by atoms with E-state index in [1.807, 2.05) is 0 Å². The van der Waals surface area contributed by atoms with Gasteiger partial charge in [-0.1, -0.05) is 0 Å². The molecule has 25 heavy (non-hydrogen) atoms. The largest absolute Gasteiger partial charge is 0.497 e. The zero-order chi connectivity index (χ0) is 18.0. The molecule has 0 bridgehead atoms. The maximum atomic E-state index is 12.5. The van der Waals surface area contributed by atoms with Crippen molar-refractivity contribution in [2.75, 3.05) is 25.2 Å². The Bertz CT molecular complexity index is 754. The Hall–Kier alpha value is -2.09. The molecule has 1 aromatic rings. The van der Waals surface area contributed by atoms with Crippen LogP contribution in [0.25, 0.3) is 0 Å². The number of rotatable bonds is 6. The second kappa shape index (κ2) is 7.03. The molecule has 2 aliphatic rings. The number of ether oxygens (including phenoxy) is 2. The number of hydrogen-bond donors (Lipinski definition) is 0. The van der Waals surface area contributed by atoms with E-state index in [9.17, 15) is 18.0 Å². The van der Waals surface area contributed by atoms with Crippen LogP contribution in [-0.4, -0.2) is 62.5 Å². The summed E-state index contributed by atoms with van der Waals surface area (Å²) in [6.45, 7) is -0.377. The summed E-state index contributed by atoms with van der Waals surface area (Å²) in [7, 11) is -1.54. The van der Waals surface area contributed by atoms with Crippen LogP contribution in [0.4, 0.5) is 0 Å². The molecule has 8 heteroatoms. The first kappa shape index (κ1) is 17.7. The molecule has 1 aromatic carbocycles. The van der Waals surface area contributed by atoms with Crippen LogP contribution >= 0.6 is 0 Å². The van der Waals surface area contributed by atoms with Crippen molar-refractivity contribution in [1.29, 1.82) is 0 Å². The Morgan fingerprint density at radius 3 is 2.32 bits per heavy atom. The second-order valence-corrected chi connectivity index (χ2v) is 8.62. The lowest BCUT2D eigenvalue weighted by Gasteiger charge is -2.28. The third kappa shape index (κ3) is 4.31. The fourth-order valence-corrected chi connectivity index (χ4v) is 4.78. The van der Waals surface area contributed by atoms with Crippen molar-refractivity contribution < 1.29 is 27.5 Å². The highest BCUT2D eigenvalue weighted by atomic mass is 32.2. The standard InChI is InChI=1S/C17H21NO6S/c1-23-15-6-2-12(3-7-15)17(20)24-10-16(19)18(13-4-5-13)14-8-9-25(21,22)11-14/h2-3,6-7,13-14H,4-5,8-11H2,1H3/t14-/m1/s1. The third-order valence-electron chi connectivity index (χ3n) is 4.48. The van der Waals surface area contributed by atoms with E-state index < -0.39 is 15.8 Å². The van der Waals surface area contributed by atoms with Crippen molar-refractivity contribution in [2.24, 2.45) is 0 Å². The van der Waals surface area contributed by atoms with E-state index in [2.05, 4.69) is 0 Å². The van der Waals surface area contributed by atoms with Crippen LogP contribution in [0.15, 0.2) is 24.3 Å². The van der Waals surface area contributed by atoms with Gasteiger partial charge in [0.05, 0.1) is 24.2 Å². The minimum absolute atomic E-state index is 0.00165. The van der Waals surface area contributed by atoms with Gasteiger partial charge < -0.3 is 14.4 Å². The summed E-state index contributed by atoms with van der Waals surface area (Å²) in [4.78, 5) is 26.2. The topological polar surface area (TPSA) is 90.0 Å². The summed E-state index contributed by atoms with van der Waals surface area (Å²) >= 11 is 0. The van der Waals surface area contributed by atoms with Crippen LogP contribution < -0.4 is 4.74 Å². The van der Waals surface area contributed by atoms with Crippen LogP contribution in [-0.2, 0) is 19.4 Å². The summed E-state index contributed by atoms with van der Waals surface area (Å²) in [6.07, 6.45) is 2.19. The Balaban J connectivity index is 1.59. The highest BCUT2D eigenvalue weighted by molar-refractivity contribution is 7.91. The summed E-state index contributed by atoms with van der Waals surface area (Å²) in [5.41, 5.74) is 0.329. The predicted molar refractivity (Wildman–Crippen MR) is 90.2 cm³/mol. The number of esters is 1. The molecule has 0 aromatic heterocycles. The van der Waals surface area contributed by atoms with Crippen LogP contribution in [0.3, 0.4) is 0 Å². The molecule has 1 aliphatic heterocycles. The van der Waals surface area contributed by atoms with Gasteiger partial charge in [0.25, 0.3) is 5.91 Å². The number of methoxy groups -OCH3 is 1. The molecular weight excluding hydrogens is 346 g/mol. The molecule has 3 rings (SSSR count). The molecule has 1 amide bonds. The normalized spacial score (nSPS) is 21.6. The number of carbonyl (C=O) groups excluding carboxylic acids is 2. The lowest BCUT2D eigenvalue weighted by Crippen LogP contribution is -2.44. The second-order valence-electron chi connectivity index (χ2n) is 6.39. The molecule has 1 aliphatic carbocycles. The molecule has 2 fully saturated rings. The van der Waals surface area contributed by atoms with Crippen LogP contribution in [0.1, 0.15) is 29.6 Å². The Morgan fingerprint density at radius 2 is 1.80 bits per heavy atom. The number of hydrogen-bond acceptors (Lipinski definition) is 6. The van der Waals surface area contributed by atoms with Gasteiger partial charge in [0.2, 0.25) is 0 Å². The number of amides is 1. The van der Waals surface area contributed by atoms with Crippen molar-refractivity contribution >= 4 is 21.7 Å². The van der Waals surface area contributed by atoms with Crippen molar-refractivity contribution in [3.63, 3.8) is 0 Å². The predicted octanol–water partition coefficient (Wildman–Crippen LogP) is 1.03. The Kier molecular flexibility index (Phi) is 4.99. The Labute approximate surface area is 146 Å². The third-order valence-corrected chi connectivity index (χ3v) is 6.23. The molecule has 0 unspecified atom stereocenters. The molecule has 1 atom stereocenters. The fourth-order valence-electron chi connectivity index (χ4n) is 3.07. The van der Waals surface area contributed by atoms with Gasteiger partial charge in [-0.05, 0) is 43.5 Å². The van der Waals surface area contributed by atoms with Crippen molar-refractivity contribution in [2.45, 2.75) is 31.3 Å². The zero-order valence-corrected chi connectivity index (χ0v) is 14.8. The minimum atomic E-state index is -3.07. The monoisotopic (exact) mass is 367 g/mol. The minimum Gasteiger partial charge on any atom is -0.497 e. The number of sulfone groups is 1. The van der Waals surface area contributed by atoms with E-state index in [1.165, 1.54) is 7.11 Å². The average Bonchev–Trinajstić information content (AvgIpc) is 3.36. The fraction of sp³-hybridized carbons (Fsp3) is 0.529. The number of carbonyl (C=O) groups is 2. The van der Waals surface area contributed by atoms with Gasteiger partial charge >= 0.3 is 5.97 Å². The summed E-state index contributed by atoms with van der Waals surface area (Å²) in [5, 5.41) is 0. The first-order valence-corrected chi connectivity index (χ1v) is 10.0. The molecule has 136 valence electrons. The number of nitrogens with zero attached hydrogens (tertiary/aromatic N) is 1. The van der Waals surface area contributed by atoms with Gasteiger partial charge in [-0.3, -0.25) is 4.79 Å². The average molecular weight is 367 g/mol. The quantitative estimate of drug-likeness (QED) is 0.698. The lowest BCUT2D eigenvalue weighted by molar-refractivity contribution is -0.137. The maximum absolute atomic E-state index is 12.5. The molecule has 1 heterocycles. The summed E-state index contributed by atoms with van der Waals surface area (Å²) in [6, 6.07) is 6.17. The van der Waals surface area contributed by atoms with E-state index in [4.69, 9.17) is 9.47 Å². The van der Waals surface area contributed by atoms with Gasteiger partial charge in [0.15, 0.2) is 16.4 Å². The molecule has 0 radical (unpaired) electrons. The number of benzene rings is 1. The highest BCUT2D eigenvalue weighted by Gasteiger charge is 2.42. The molecule has 1 saturated carbocycles. The first-order chi connectivity index (χ1) is 11.9. The molecular formula is C17H21NO6S. The van der Waals surface area contributed by atoms with Gasteiger partial charge in [0, 0.05) is 12.1 Å². The molecule has 1 saturated heterocycles. The molecule has 7 nitrogen and oxygen atoms in total. The molecule has 0 spiro atoms. The van der Waals surface area contributed by atoms with Crippen molar-refractivity contribution in [3.8, 4) is 5.75 Å². The summed E-state index contributed by atoms with van der Waals surface area (Å²) in [5.74, 6) is -0.186. The van der Waals surface area contributed by atoms with Crippen molar-refractivity contribution in [3.05, 3.63) is 29.8 Å². The van der Waals surface area contributed by atoms with Gasteiger partial charge in [-0.15, -0.1) is 0 Å². The first-order valence-electron chi connectivity index (χ1n) is 8.22.